The van der Waals surface area contributed by atoms with Gasteiger partial charge in [-0.1, -0.05) is 17.8 Å². The van der Waals surface area contributed by atoms with Gasteiger partial charge in [-0.2, -0.15) is 5.10 Å². The lowest BCUT2D eigenvalue weighted by Gasteiger charge is -2.12. The van der Waals surface area contributed by atoms with Gasteiger partial charge in [0.15, 0.2) is 5.17 Å². The molecule has 0 bridgehead atoms. The number of benzene rings is 1. The van der Waals surface area contributed by atoms with Crippen LogP contribution >= 0.6 is 11.8 Å². The molecule has 1 fully saturated rings. The van der Waals surface area contributed by atoms with Crippen LogP contribution in [0.5, 0.6) is 11.5 Å². The molecule has 2 aromatic rings. The van der Waals surface area contributed by atoms with Crippen molar-refractivity contribution in [3.05, 3.63) is 36.6 Å². The Morgan fingerprint density at radius 1 is 1.60 bits per heavy atom. The van der Waals surface area contributed by atoms with Crippen LogP contribution in [-0.4, -0.2) is 46.2 Å². The summed E-state index contributed by atoms with van der Waals surface area (Å²) in [5.41, 5.74) is 1.42. The van der Waals surface area contributed by atoms with E-state index in [1.165, 1.54) is 36.1 Å². The molecule has 130 valence electrons. The molecular weight excluding hydrogens is 342 g/mol. The lowest BCUT2D eigenvalue weighted by Crippen LogP contribution is -2.29. The smallest absolute Gasteiger partial charge is 0.239 e. The van der Waals surface area contributed by atoms with E-state index in [9.17, 15) is 9.90 Å². The molecule has 1 aliphatic heterocycles. The molecule has 3 rings (SSSR count). The van der Waals surface area contributed by atoms with Crippen LogP contribution in [-0.2, 0) is 4.79 Å². The molecule has 1 aromatic carbocycles. The van der Waals surface area contributed by atoms with Gasteiger partial charge in [0.05, 0.1) is 35.8 Å². The Morgan fingerprint density at radius 3 is 3.12 bits per heavy atom. The SMILES string of the molecule is C=CCN1C(=O)CS/C1=N\N=C(/C)c1c(O)cc2occc2c1OC. The lowest BCUT2D eigenvalue weighted by atomic mass is 10.1. The van der Waals surface area contributed by atoms with E-state index in [4.69, 9.17) is 9.15 Å². The van der Waals surface area contributed by atoms with Crippen LogP contribution in [0.4, 0.5) is 0 Å². The summed E-state index contributed by atoms with van der Waals surface area (Å²) in [6.07, 6.45) is 3.16. The number of nitrogens with zero attached hydrogens (tertiary/aromatic N) is 3. The molecule has 2 heterocycles. The maximum Gasteiger partial charge on any atom is 0.239 e. The number of ether oxygens (including phenoxy) is 1. The first-order chi connectivity index (χ1) is 12.1. The number of phenolic OH excluding ortho intramolecular Hbond substituents is 1. The van der Waals surface area contributed by atoms with E-state index in [0.717, 1.165) is 5.39 Å². The van der Waals surface area contributed by atoms with E-state index in [0.29, 0.717) is 40.1 Å². The van der Waals surface area contributed by atoms with Crippen molar-refractivity contribution in [1.82, 2.24) is 4.90 Å². The van der Waals surface area contributed by atoms with Crippen LogP contribution in [0.15, 0.2) is 45.7 Å². The van der Waals surface area contributed by atoms with E-state index >= 15 is 0 Å². The minimum Gasteiger partial charge on any atom is -0.507 e. The molecule has 8 heteroatoms. The highest BCUT2D eigenvalue weighted by Gasteiger charge is 2.27. The fourth-order valence-corrected chi connectivity index (χ4v) is 3.42. The molecule has 1 N–H and O–H groups in total. The van der Waals surface area contributed by atoms with Crippen molar-refractivity contribution in [2.45, 2.75) is 6.92 Å². The van der Waals surface area contributed by atoms with E-state index in [-0.39, 0.29) is 11.7 Å². The van der Waals surface area contributed by atoms with Crippen LogP contribution in [0, 0.1) is 0 Å². The highest BCUT2D eigenvalue weighted by atomic mass is 32.2. The average molecular weight is 359 g/mol. The number of amides is 1. The summed E-state index contributed by atoms with van der Waals surface area (Å²) in [5, 5.41) is 19.9. The zero-order chi connectivity index (χ0) is 18.0. The minimum atomic E-state index is -0.0308. The molecule has 0 radical (unpaired) electrons. The Morgan fingerprint density at radius 2 is 2.40 bits per heavy atom. The summed E-state index contributed by atoms with van der Waals surface area (Å²) >= 11 is 1.32. The van der Waals surface area contributed by atoms with Gasteiger partial charge in [-0.3, -0.25) is 9.69 Å². The number of aromatic hydroxyl groups is 1. The number of thioether (sulfide) groups is 1. The molecule has 0 spiro atoms. The molecule has 7 nitrogen and oxygen atoms in total. The number of fused-ring (bicyclic) bond motifs is 1. The number of carbonyl (C=O) groups is 1. The molecular formula is C17H17N3O4S. The van der Waals surface area contributed by atoms with Crippen LogP contribution in [0.2, 0.25) is 0 Å². The minimum absolute atomic E-state index is 0.0150. The number of amidine groups is 1. The van der Waals surface area contributed by atoms with Crippen molar-refractivity contribution < 1.29 is 19.1 Å². The van der Waals surface area contributed by atoms with Gasteiger partial charge in [-0.15, -0.1) is 11.7 Å². The Kier molecular flexibility index (Phi) is 4.80. The second-order valence-electron chi connectivity index (χ2n) is 5.29. The predicted molar refractivity (Wildman–Crippen MR) is 98.4 cm³/mol. The van der Waals surface area contributed by atoms with Crippen molar-refractivity contribution in [2.24, 2.45) is 10.2 Å². The first kappa shape index (κ1) is 17.1. The van der Waals surface area contributed by atoms with E-state index in [2.05, 4.69) is 16.8 Å². The number of carbonyl (C=O) groups excluding carboxylic acids is 1. The summed E-state index contributed by atoms with van der Waals surface area (Å²) in [4.78, 5) is 13.3. The summed E-state index contributed by atoms with van der Waals surface area (Å²) < 4.78 is 10.7. The molecule has 0 aliphatic carbocycles. The Balaban J connectivity index is 2.01. The molecule has 25 heavy (non-hydrogen) atoms. The highest BCUT2D eigenvalue weighted by molar-refractivity contribution is 8.15. The van der Waals surface area contributed by atoms with Gasteiger partial charge < -0.3 is 14.3 Å². The molecule has 0 atom stereocenters. The van der Waals surface area contributed by atoms with Crippen molar-refractivity contribution in [3.8, 4) is 11.5 Å². The molecule has 1 aromatic heterocycles. The average Bonchev–Trinajstić information content (AvgIpc) is 3.19. The lowest BCUT2D eigenvalue weighted by molar-refractivity contribution is -0.123. The topological polar surface area (TPSA) is 87.6 Å². The zero-order valence-corrected chi connectivity index (χ0v) is 14.7. The van der Waals surface area contributed by atoms with Gasteiger partial charge >= 0.3 is 0 Å². The van der Waals surface area contributed by atoms with Gasteiger partial charge in [-0.05, 0) is 13.0 Å². The Hall–Kier alpha value is -2.74. The first-order valence-electron chi connectivity index (χ1n) is 7.50. The molecule has 1 amide bonds. The summed E-state index contributed by atoms with van der Waals surface area (Å²) in [6.45, 7) is 5.74. The highest BCUT2D eigenvalue weighted by Crippen LogP contribution is 2.37. The third-order valence-electron chi connectivity index (χ3n) is 3.71. The van der Waals surface area contributed by atoms with Crippen molar-refractivity contribution in [2.75, 3.05) is 19.4 Å². The number of rotatable bonds is 5. The fraction of sp³-hybridized carbons (Fsp3) is 0.235. The van der Waals surface area contributed by atoms with Crippen LogP contribution in [0.25, 0.3) is 11.0 Å². The zero-order valence-electron chi connectivity index (χ0n) is 13.9. The predicted octanol–water partition coefficient (Wildman–Crippen LogP) is 2.99. The van der Waals surface area contributed by atoms with E-state index < -0.39 is 0 Å². The second-order valence-corrected chi connectivity index (χ2v) is 6.23. The second kappa shape index (κ2) is 7.02. The van der Waals surface area contributed by atoms with Gasteiger partial charge in [0.2, 0.25) is 5.91 Å². The third-order valence-corrected chi connectivity index (χ3v) is 4.66. The van der Waals surface area contributed by atoms with Crippen molar-refractivity contribution >= 4 is 39.5 Å². The molecule has 1 saturated heterocycles. The maximum absolute atomic E-state index is 11.8. The normalized spacial score (nSPS) is 16.9. The molecule has 0 unspecified atom stereocenters. The Labute approximate surface area is 148 Å². The van der Waals surface area contributed by atoms with Gasteiger partial charge in [0, 0.05) is 12.6 Å². The van der Waals surface area contributed by atoms with Crippen molar-refractivity contribution in [1.29, 1.82) is 0 Å². The number of hydrogen-bond donors (Lipinski definition) is 1. The number of furan rings is 1. The largest absolute Gasteiger partial charge is 0.507 e. The van der Waals surface area contributed by atoms with Crippen LogP contribution in [0.1, 0.15) is 12.5 Å². The standard InChI is InChI=1S/C17H17N3O4S/c1-4-6-20-14(22)9-25-17(20)19-18-10(2)15-12(21)8-13-11(5-7-24-13)16(15)23-3/h4-5,7-8,21H,1,6,9H2,2-3H3/b18-10+,19-17-. The van der Waals surface area contributed by atoms with E-state index in [1.807, 2.05) is 0 Å². The molecule has 1 aliphatic rings. The molecule has 0 saturated carbocycles. The third kappa shape index (κ3) is 3.12. The van der Waals surface area contributed by atoms with Crippen LogP contribution < -0.4 is 4.74 Å². The quantitative estimate of drug-likeness (QED) is 0.504. The first-order valence-corrected chi connectivity index (χ1v) is 8.49. The van der Waals surface area contributed by atoms with Gasteiger partial charge in [0.1, 0.15) is 17.1 Å². The summed E-state index contributed by atoms with van der Waals surface area (Å²) in [6, 6.07) is 3.27. The van der Waals surface area contributed by atoms with Crippen molar-refractivity contribution in [3.63, 3.8) is 0 Å². The van der Waals surface area contributed by atoms with Gasteiger partial charge in [-0.25, -0.2) is 0 Å². The fourth-order valence-electron chi connectivity index (χ4n) is 2.58. The van der Waals surface area contributed by atoms with E-state index in [1.54, 1.807) is 19.1 Å². The monoisotopic (exact) mass is 359 g/mol. The summed E-state index contributed by atoms with van der Waals surface area (Å²) in [5.74, 6) is 0.746. The number of phenols is 1. The Bertz CT molecular complexity index is 901. The van der Waals surface area contributed by atoms with Gasteiger partial charge in [0.25, 0.3) is 0 Å². The maximum atomic E-state index is 11.8. The summed E-state index contributed by atoms with van der Waals surface area (Å²) in [7, 11) is 1.52. The number of hydrogen-bond acceptors (Lipinski definition) is 7. The van der Waals surface area contributed by atoms with Crippen LogP contribution in [0.3, 0.4) is 0 Å². The number of methoxy groups -OCH3 is 1.